The van der Waals surface area contributed by atoms with E-state index in [-0.39, 0.29) is 5.78 Å². The van der Waals surface area contributed by atoms with Crippen LogP contribution in [0.5, 0.6) is 0 Å². The summed E-state index contributed by atoms with van der Waals surface area (Å²) in [5.41, 5.74) is 2.20. The smallest absolute Gasteiger partial charge is 0.167 e. The molecule has 0 fully saturated rings. The van der Waals surface area contributed by atoms with Gasteiger partial charge in [0.05, 0.1) is 11.3 Å². The normalized spacial score (nSPS) is 10.9. The van der Waals surface area contributed by atoms with E-state index < -0.39 is 0 Å². The molecule has 1 rings (SSSR count). The maximum Gasteiger partial charge on any atom is 0.167 e. The molecule has 0 unspecified atom stereocenters. The van der Waals surface area contributed by atoms with Crippen molar-refractivity contribution in [3.63, 3.8) is 0 Å². The fourth-order valence-corrected chi connectivity index (χ4v) is 2.74. The zero-order chi connectivity index (χ0) is 15.1. The number of ketones is 1. The highest BCUT2D eigenvalue weighted by molar-refractivity contribution is 6.33. The Morgan fingerprint density at radius 2 is 1.90 bits per heavy atom. The van der Waals surface area contributed by atoms with Gasteiger partial charge in [-0.15, -0.1) is 0 Å². The van der Waals surface area contributed by atoms with Crippen LogP contribution in [0.4, 0.5) is 5.69 Å². The van der Waals surface area contributed by atoms with Crippen molar-refractivity contribution in [2.45, 2.75) is 65.8 Å². The molecule has 1 heterocycles. The number of anilines is 1. The molecule has 3 nitrogen and oxygen atoms in total. The van der Waals surface area contributed by atoms with Crippen LogP contribution in [0.3, 0.4) is 0 Å². The van der Waals surface area contributed by atoms with Crippen LogP contribution in [0.25, 0.3) is 0 Å². The molecule has 20 heavy (non-hydrogen) atoms. The molecule has 0 saturated carbocycles. The molecule has 0 spiro atoms. The molecule has 0 atom stereocenters. The van der Waals surface area contributed by atoms with Crippen molar-refractivity contribution < 1.29 is 4.79 Å². The first kappa shape index (κ1) is 17.0. The number of nitrogens with zero attached hydrogens (tertiary/aromatic N) is 1. The first-order valence-corrected chi connectivity index (χ1v) is 7.88. The molecule has 1 aromatic heterocycles. The minimum atomic E-state index is 0.0387. The summed E-state index contributed by atoms with van der Waals surface area (Å²) in [6, 6.07) is 2.30. The number of carbonyl (C=O) groups excluding carboxylic acids is 1. The van der Waals surface area contributed by atoms with Crippen LogP contribution in [0.2, 0.25) is 5.15 Å². The van der Waals surface area contributed by atoms with E-state index in [1.165, 1.54) is 0 Å². The number of halogens is 1. The monoisotopic (exact) mass is 296 g/mol. The Morgan fingerprint density at radius 1 is 1.30 bits per heavy atom. The van der Waals surface area contributed by atoms with Gasteiger partial charge in [-0.25, -0.2) is 4.98 Å². The molecule has 0 amide bonds. The van der Waals surface area contributed by atoms with Gasteiger partial charge in [0.25, 0.3) is 0 Å². The van der Waals surface area contributed by atoms with E-state index >= 15 is 0 Å². The molecule has 0 aliphatic rings. The number of rotatable bonds is 8. The summed E-state index contributed by atoms with van der Waals surface area (Å²) >= 11 is 6.17. The van der Waals surface area contributed by atoms with E-state index in [4.69, 9.17) is 11.6 Å². The lowest BCUT2D eigenvalue weighted by molar-refractivity contribution is 0.0988. The number of hydrogen-bond acceptors (Lipinski definition) is 3. The van der Waals surface area contributed by atoms with Crippen molar-refractivity contribution in [3.05, 3.63) is 22.5 Å². The van der Waals surface area contributed by atoms with Crippen molar-refractivity contribution in [2.75, 3.05) is 5.32 Å². The van der Waals surface area contributed by atoms with Gasteiger partial charge in [-0.2, -0.15) is 0 Å². The molecule has 0 aliphatic carbocycles. The number of aryl methyl sites for hydroxylation is 1. The number of carbonyl (C=O) groups is 1. The van der Waals surface area contributed by atoms with Crippen LogP contribution >= 0.6 is 11.6 Å². The third-order valence-electron chi connectivity index (χ3n) is 3.34. The molecular formula is C16H25ClN2O. The van der Waals surface area contributed by atoms with Gasteiger partial charge in [0, 0.05) is 18.2 Å². The summed E-state index contributed by atoms with van der Waals surface area (Å²) in [7, 11) is 0. The van der Waals surface area contributed by atoms with Crippen molar-refractivity contribution >= 4 is 23.1 Å². The lowest BCUT2D eigenvalue weighted by Gasteiger charge is -2.21. The fourth-order valence-electron chi connectivity index (χ4n) is 2.40. The number of pyridine rings is 1. The van der Waals surface area contributed by atoms with E-state index in [9.17, 15) is 4.79 Å². The second kappa shape index (κ2) is 8.25. The first-order valence-electron chi connectivity index (χ1n) is 7.50. The standard InChI is InChI=1S/C16H25ClN2O/c1-5-8-12(9-6-2)19-13-10-11(4)18-16(17)15(13)14(20)7-3/h10,12H,5-9H2,1-4H3,(H,18,19). The molecule has 0 radical (unpaired) electrons. The van der Waals surface area contributed by atoms with Gasteiger partial charge in [0.1, 0.15) is 5.15 Å². The molecular weight excluding hydrogens is 272 g/mol. The molecule has 0 aromatic carbocycles. The van der Waals surface area contributed by atoms with Crippen molar-refractivity contribution in [1.29, 1.82) is 0 Å². The minimum Gasteiger partial charge on any atom is -0.382 e. The largest absolute Gasteiger partial charge is 0.382 e. The third kappa shape index (κ3) is 4.48. The van der Waals surface area contributed by atoms with Gasteiger partial charge in [-0.1, -0.05) is 45.2 Å². The minimum absolute atomic E-state index is 0.0387. The van der Waals surface area contributed by atoms with Crippen LogP contribution in [-0.2, 0) is 0 Å². The van der Waals surface area contributed by atoms with E-state index in [0.717, 1.165) is 37.1 Å². The van der Waals surface area contributed by atoms with Crippen LogP contribution in [-0.4, -0.2) is 16.8 Å². The summed E-state index contributed by atoms with van der Waals surface area (Å²) in [4.78, 5) is 16.3. The van der Waals surface area contributed by atoms with Gasteiger partial charge in [-0.3, -0.25) is 4.79 Å². The van der Waals surface area contributed by atoms with E-state index in [1.807, 2.05) is 19.9 Å². The fraction of sp³-hybridized carbons (Fsp3) is 0.625. The van der Waals surface area contributed by atoms with Gasteiger partial charge in [0.15, 0.2) is 5.78 Å². The van der Waals surface area contributed by atoms with Crippen molar-refractivity contribution in [3.8, 4) is 0 Å². The second-order valence-electron chi connectivity index (χ2n) is 5.17. The predicted molar refractivity (Wildman–Crippen MR) is 85.8 cm³/mol. The highest BCUT2D eigenvalue weighted by Gasteiger charge is 2.18. The average molecular weight is 297 g/mol. The number of aromatic nitrogens is 1. The number of Topliss-reactive ketones (excluding diaryl/α,β-unsaturated/α-hetero) is 1. The highest BCUT2D eigenvalue weighted by atomic mass is 35.5. The van der Waals surface area contributed by atoms with Crippen LogP contribution in [0, 0.1) is 6.92 Å². The van der Waals surface area contributed by atoms with Gasteiger partial charge in [0.2, 0.25) is 0 Å². The van der Waals surface area contributed by atoms with E-state index in [2.05, 4.69) is 24.1 Å². The summed E-state index contributed by atoms with van der Waals surface area (Å²) < 4.78 is 0. The van der Waals surface area contributed by atoms with Gasteiger partial charge in [-0.05, 0) is 25.8 Å². The Hall–Kier alpha value is -1.09. The number of nitrogens with one attached hydrogen (secondary N) is 1. The van der Waals surface area contributed by atoms with E-state index in [0.29, 0.717) is 23.2 Å². The average Bonchev–Trinajstić information content (AvgIpc) is 2.38. The first-order chi connectivity index (χ1) is 9.53. The molecule has 112 valence electrons. The van der Waals surface area contributed by atoms with Crippen LogP contribution in [0.1, 0.15) is 68.9 Å². The zero-order valence-electron chi connectivity index (χ0n) is 12.9. The van der Waals surface area contributed by atoms with E-state index in [1.54, 1.807) is 0 Å². The Labute approximate surface area is 127 Å². The highest BCUT2D eigenvalue weighted by Crippen LogP contribution is 2.27. The zero-order valence-corrected chi connectivity index (χ0v) is 13.7. The second-order valence-corrected chi connectivity index (χ2v) is 5.53. The molecule has 0 bridgehead atoms. The predicted octanol–water partition coefficient (Wildman–Crippen LogP) is 5.02. The summed E-state index contributed by atoms with van der Waals surface area (Å²) in [6.45, 7) is 8.09. The quantitative estimate of drug-likeness (QED) is 0.541. The summed E-state index contributed by atoms with van der Waals surface area (Å²) in [5, 5.41) is 3.81. The Morgan fingerprint density at radius 3 is 2.40 bits per heavy atom. The molecule has 4 heteroatoms. The lowest BCUT2D eigenvalue weighted by Crippen LogP contribution is -2.21. The Bertz CT molecular complexity index is 454. The van der Waals surface area contributed by atoms with Crippen molar-refractivity contribution in [2.24, 2.45) is 0 Å². The van der Waals surface area contributed by atoms with Crippen LogP contribution in [0.15, 0.2) is 6.07 Å². The summed E-state index contributed by atoms with van der Waals surface area (Å²) in [5.74, 6) is 0.0387. The topological polar surface area (TPSA) is 42.0 Å². The molecule has 1 N–H and O–H groups in total. The van der Waals surface area contributed by atoms with Crippen LogP contribution < -0.4 is 5.32 Å². The summed E-state index contributed by atoms with van der Waals surface area (Å²) in [6.07, 6.45) is 4.85. The number of hydrogen-bond donors (Lipinski definition) is 1. The third-order valence-corrected chi connectivity index (χ3v) is 3.61. The maximum absolute atomic E-state index is 12.1. The molecule has 1 aromatic rings. The maximum atomic E-state index is 12.1. The molecule has 0 aliphatic heterocycles. The Balaban J connectivity index is 3.10. The molecule has 0 saturated heterocycles. The van der Waals surface area contributed by atoms with Gasteiger partial charge >= 0.3 is 0 Å². The SMILES string of the molecule is CCCC(CCC)Nc1cc(C)nc(Cl)c1C(=O)CC. The lowest BCUT2D eigenvalue weighted by atomic mass is 10.0. The van der Waals surface area contributed by atoms with Gasteiger partial charge < -0.3 is 5.32 Å². The Kier molecular flexibility index (Phi) is 7.00. The van der Waals surface area contributed by atoms with Crippen molar-refractivity contribution in [1.82, 2.24) is 4.98 Å².